The highest BCUT2D eigenvalue weighted by molar-refractivity contribution is 6.38. The van der Waals surface area contributed by atoms with Gasteiger partial charge in [-0.25, -0.2) is 4.79 Å². The monoisotopic (exact) mass is 658 g/mol. The van der Waals surface area contributed by atoms with Gasteiger partial charge in [0, 0.05) is 42.2 Å². The number of carbonyl (C=O) groups is 5. The average Bonchev–Trinajstić information content (AvgIpc) is 3.75. The van der Waals surface area contributed by atoms with Gasteiger partial charge in [-0.05, 0) is 94.2 Å². The molecule has 46 heavy (non-hydrogen) atoms. The first-order valence-corrected chi connectivity index (χ1v) is 17.1. The Balaban J connectivity index is 1.23. The Morgan fingerprint density at radius 1 is 1.07 bits per heavy atom. The predicted octanol–water partition coefficient (Wildman–Crippen LogP) is 3.74. The maximum Gasteiger partial charge on any atom is 0.408 e. The molecule has 2 heterocycles. The SMILES string of the molecule is CC(C)C[C@H](NC(=O)OC1(Cc2cccc(Cl)c2)CCC1)C(=O)N[C@@H](CCC1CC2(CCOCC2)NC1=O)C(=O)C(=O)NC1CC1. The number of hydrogen-bond acceptors (Lipinski definition) is 7. The fourth-order valence-corrected chi connectivity index (χ4v) is 7.04. The van der Waals surface area contributed by atoms with E-state index in [0.29, 0.717) is 56.8 Å². The van der Waals surface area contributed by atoms with Crippen LogP contribution >= 0.6 is 11.6 Å². The van der Waals surface area contributed by atoms with Crippen LogP contribution in [0.2, 0.25) is 5.02 Å². The van der Waals surface area contributed by atoms with Gasteiger partial charge in [0.1, 0.15) is 11.6 Å². The molecule has 2 aliphatic carbocycles. The minimum atomic E-state index is -1.14. The third-order valence-corrected chi connectivity index (χ3v) is 9.96. The van der Waals surface area contributed by atoms with E-state index in [4.69, 9.17) is 21.1 Å². The Bertz CT molecular complexity index is 1310. The predicted molar refractivity (Wildman–Crippen MR) is 171 cm³/mol. The van der Waals surface area contributed by atoms with E-state index in [-0.39, 0.29) is 35.7 Å². The summed E-state index contributed by atoms with van der Waals surface area (Å²) in [6.45, 7) is 5.02. The van der Waals surface area contributed by atoms with E-state index in [0.717, 1.165) is 37.7 Å². The summed E-state index contributed by atoms with van der Waals surface area (Å²) in [6.07, 6.45) is 6.58. The van der Waals surface area contributed by atoms with Crippen molar-refractivity contribution in [1.82, 2.24) is 21.3 Å². The fourth-order valence-electron chi connectivity index (χ4n) is 6.83. The van der Waals surface area contributed by atoms with Crippen molar-refractivity contribution in [1.29, 1.82) is 0 Å². The molecule has 1 spiro atoms. The van der Waals surface area contributed by atoms with Gasteiger partial charge in [0.2, 0.25) is 17.6 Å². The molecular weight excluding hydrogens is 612 g/mol. The van der Waals surface area contributed by atoms with Gasteiger partial charge in [-0.2, -0.15) is 0 Å². The second kappa shape index (κ2) is 14.7. The van der Waals surface area contributed by atoms with Crippen LogP contribution in [0.1, 0.15) is 90.0 Å². The zero-order chi connectivity index (χ0) is 32.9. The molecule has 0 radical (unpaired) electrons. The average molecular weight is 659 g/mol. The lowest BCUT2D eigenvalue weighted by atomic mass is 9.76. The first kappa shape index (κ1) is 34.2. The van der Waals surface area contributed by atoms with Gasteiger partial charge in [-0.1, -0.05) is 37.6 Å². The summed E-state index contributed by atoms with van der Waals surface area (Å²) in [6, 6.07) is 5.29. The zero-order valence-electron chi connectivity index (χ0n) is 26.8. The number of benzene rings is 1. The van der Waals surface area contributed by atoms with E-state index in [1.807, 2.05) is 32.0 Å². The van der Waals surface area contributed by atoms with Crippen molar-refractivity contribution >= 4 is 41.2 Å². The molecule has 2 saturated carbocycles. The molecule has 4 amide bonds. The summed E-state index contributed by atoms with van der Waals surface area (Å²) < 4.78 is 11.4. The number of nitrogens with one attached hydrogen (secondary N) is 4. The van der Waals surface area contributed by atoms with Gasteiger partial charge in [0.05, 0.1) is 6.04 Å². The molecule has 5 rings (SSSR count). The van der Waals surface area contributed by atoms with Crippen LogP contribution in [-0.2, 0) is 35.1 Å². The lowest BCUT2D eigenvalue weighted by Gasteiger charge is -2.41. The van der Waals surface area contributed by atoms with Crippen LogP contribution in [-0.4, -0.2) is 72.1 Å². The van der Waals surface area contributed by atoms with E-state index < -0.39 is 41.4 Å². The van der Waals surface area contributed by atoms with Gasteiger partial charge >= 0.3 is 6.09 Å². The lowest BCUT2D eigenvalue weighted by Crippen LogP contribution is -2.55. The molecular formula is C34H47ClN4O7. The van der Waals surface area contributed by atoms with Gasteiger partial charge in [-0.15, -0.1) is 0 Å². The number of halogens is 1. The molecule has 1 aromatic rings. The number of amides is 4. The number of ether oxygens (including phenoxy) is 2. The standard InChI is InChI=1S/C34H47ClN4O7/c1-21(2)17-27(38-32(44)46-34(11-4-12-34)19-22-5-3-6-24(35)18-22)30(42)37-26(28(40)31(43)36-25-8-9-25)10-7-23-20-33(39-29(23)41)13-15-45-16-14-33/h3,5-6,18,21,23,25-27H,4,7-17,19-20H2,1-2H3,(H,36,43)(H,37,42)(H,38,44)(H,39,41)/t23?,26-,27-/m0/s1. The van der Waals surface area contributed by atoms with Crippen LogP contribution in [0.25, 0.3) is 0 Å². The van der Waals surface area contributed by atoms with Crippen LogP contribution in [0, 0.1) is 11.8 Å². The highest BCUT2D eigenvalue weighted by Crippen LogP contribution is 2.39. The van der Waals surface area contributed by atoms with Crippen molar-refractivity contribution in [2.24, 2.45) is 11.8 Å². The molecule has 12 heteroatoms. The van der Waals surface area contributed by atoms with Crippen LogP contribution < -0.4 is 21.3 Å². The highest BCUT2D eigenvalue weighted by Gasteiger charge is 2.45. The topological polar surface area (TPSA) is 152 Å². The largest absolute Gasteiger partial charge is 0.443 e. The number of rotatable bonds is 14. The molecule has 1 aromatic carbocycles. The zero-order valence-corrected chi connectivity index (χ0v) is 27.6. The number of hydrogen-bond donors (Lipinski definition) is 4. The van der Waals surface area contributed by atoms with E-state index in [1.165, 1.54) is 0 Å². The Morgan fingerprint density at radius 3 is 2.43 bits per heavy atom. The maximum atomic E-state index is 13.7. The minimum absolute atomic E-state index is 0.0299. The second-order valence-corrected chi connectivity index (χ2v) is 14.5. The molecule has 4 fully saturated rings. The van der Waals surface area contributed by atoms with Crippen molar-refractivity contribution in [3.05, 3.63) is 34.9 Å². The van der Waals surface area contributed by atoms with Gasteiger partial charge in [0.25, 0.3) is 5.91 Å². The summed E-state index contributed by atoms with van der Waals surface area (Å²) in [4.78, 5) is 66.0. The Morgan fingerprint density at radius 2 is 1.80 bits per heavy atom. The maximum absolute atomic E-state index is 13.7. The van der Waals surface area contributed by atoms with Gasteiger partial charge in [0.15, 0.2) is 0 Å². The first-order chi connectivity index (χ1) is 21.9. The molecule has 1 unspecified atom stereocenters. The van der Waals surface area contributed by atoms with Crippen LogP contribution in [0.4, 0.5) is 4.79 Å². The van der Waals surface area contributed by atoms with Crippen LogP contribution in [0.15, 0.2) is 24.3 Å². The van der Waals surface area contributed by atoms with Gasteiger partial charge < -0.3 is 30.7 Å². The Labute approximate surface area is 275 Å². The summed E-state index contributed by atoms with van der Waals surface area (Å²) in [5, 5.41) is 12.0. The van der Waals surface area contributed by atoms with Crippen LogP contribution in [0.5, 0.6) is 0 Å². The minimum Gasteiger partial charge on any atom is -0.443 e. The summed E-state index contributed by atoms with van der Waals surface area (Å²) in [7, 11) is 0. The summed E-state index contributed by atoms with van der Waals surface area (Å²) in [5.74, 6) is -2.45. The molecule has 11 nitrogen and oxygen atoms in total. The molecule has 0 bridgehead atoms. The van der Waals surface area contributed by atoms with E-state index in [2.05, 4.69) is 21.3 Å². The number of ketones is 1. The molecule has 252 valence electrons. The second-order valence-electron chi connectivity index (χ2n) is 14.1. The smallest absolute Gasteiger partial charge is 0.408 e. The van der Waals surface area contributed by atoms with Crippen molar-refractivity contribution in [2.75, 3.05) is 13.2 Å². The summed E-state index contributed by atoms with van der Waals surface area (Å²) >= 11 is 6.17. The van der Waals surface area contributed by atoms with Crippen molar-refractivity contribution in [2.45, 2.75) is 120 Å². The normalized spacial score (nSPS) is 22.7. The van der Waals surface area contributed by atoms with Crippen molar-refractivity contribution in [3.8, 4) is 0 Å². The molecule has 4 aliphatic rings. The molecule has 0 aromatic heterocycles. The molecule has 2 saturated heterocycles. The third-order valence-electron chi connectivity index (χ3n) is 9.72. The lowest BCUT2D eigenvalue weighted by molar-refractivity contribution is -0.140. The summed E-state index contributed by atoms with van der Waals surface area (Å²) in [5.41, 5.74) is -0.0269. The molecule has 4 N–H and O–H groups in total. The van der Waals surface area contributed by atoms with E-state index in [9.17, 15) is 24.0 Å². The first-order valence-electron chi connectivity index (χ1n) is 16.7. The number of carbonyl (C=O) groups excluding carboxylic acids is 5. The molecule has 2 aliphatic heterocycles. The number of alkyl carbamates (subject to hydrolysis) is 1. The molecule has 3 atom stereocenters. The van der Waals surface area contributed by atoms with Gasteiger partial charge in [-0.3, -0.25) is 19.2 Å². The highest BCUT2D eigenvalue weighted by atomic mass is 35.5. The van der Waals surface area contributed by atoms with Crippen molar-refractivity contribution in [3.63, 3.8) is 0 Å². The van der Waals surface area contributed by atoms with E-state index >= 15 is 0 Å². The Hall–Kier alpha value is -3.18. The van der Waals surface area contributed by atoms with Crippen LogP contribution in [0.3, 0.4) is 0 Å². The fraction of sp³-hybridized carbons (Fsp3) is 0.676. The number of Topliss-reactive ketones (excluding diaryl/α,β-unsaturated/α-hetero) is 1. The quantitative estimate of drug-likeness (QED) is 0.222. The van der Waals surface area contributed by atoms with E-state index in [1.54, 1.807) is 6.07 Å². The van der Waals surface area contributed by atoms with Crippen molar-refractivity contribution < 1.29 is 33.4 Å². The third kappa shape index (κ3) is 9.00. The Kier molecular flexibility index (Phi) is 10.9.